The minimum Gasteiger partial charge on any atom is -0.341 e. The molecule has 3 aliphatic rings. The number of likely N-dealkylation sites (tertiary alicyclic amines) is 1. The predicted octanol–water partition coefficient (Wildman–Crippen LogP) is 3.91. The number of hydrogen-bond donors (Lipinski definition) is 1. The monoisotopic (exact) mass is 491 g/mol. The quantitative estimate of drug-likeness (QED) is 0.599. The first-order chi connectivity index (χ1) is 17.0. The summed E-state index contributed by atoms with van der Waals surface area (Å²) in [6, 6.07) is 15.7. The average Bonchev–Trinajstić information content (AvgIpc) is 3.61. The lowest BCUT2D eigenvalue weighted by atomic mass is 9.95. The van der Waals surface area contributed by atoms with E-state index in [4.69, 9.17) is 4.98 Å². The van der Waals surface area contributed by atoms with Crippen LogP contribution in [0.25, 0.3) is 11.4 Å². The number of aromatic nitrogens is 3. The minimum atomic E-state index is -0.572. The number of halogens is 1. The van der Waals surface area contributed by atoms with Gasteiger partial charge in [-0.05, 0) is 37.0 Å². The summed E-state index contributed by atoms with van der Waals surface area (Å²) in [5.41, 5.74) is 1.87. The number of thioether (sulfide) groups is 1. The SMILES string of the molecule is O=C(C1CSC2(c3ccc(F)cc3)CCC(=O)N12)N1CCC(c2nc(-c3ccccc3)n[nH]2)CC1. The van der Waals surface area contributed by atoms with E-state index in [2.05, 4.69) is 10.2 Å². The van der Waals surface area contributed by atoms with Crippen LogP contribution in [-0.4, -0.2) is 61.7 Å². The van der Waals surface area contributed by atoms with E-state index in [9.17, 15) is 14.0 Å². The largest absolute Gasteiger partial charge is 0.341 e. The van der Waals surface area contributed by atoms with Crippen LogP contribution in [0.5, 0.6) is 0 Å². The molecule has 3 fully saturated rings. The van der Waals surface area contributed by atoms with Crippen molar-refractivity contribution < 1.29 is 14.0 Å². The summed E-state index contributed by atoms with van der Waals surface area (Å²) < 4.78 is 13.5. The maximum Gasteiger partial charge on any atom is 0.246 e. The van der Waals surface area contributed by atoms with Gasteiger partial charge in [-0.25, -0.2) is 9.37 Å². The molecule has 6 rings (SSSR count). The van der Waals surface area contributed by atoms with Gasteiger partial charge in [-0.3, -0.25) is 14.7 Å². The molecule has 180 valence electrons. The molecule has 9 heteroatoms. The van der Waals surface area contributed by atoms with Crippen molar-refractivity contribution in [1.29, 1.82) is 0 Å². The van der Waals surface area contributed by atoms with Crippen LogP contribution in [0.2, 0.25) is 0 Å². The molecule has 1 N–H and O–H groups in total. The van der Waals surface area contributed by atoms with Gasteiger partial charge in [-0.15, -0.1) is 11.8 Å². The highest BCUT2D eigenvalue weighted by Gasteiger charge is 2.57. The van der Waals surface area contributed by atoms with Gasteiger partial charge in [-0.2, -0.15) is 5.10 Å². The number of carbonyl (C=O) groups excluding carboxylic acids is 2. The molecule has 0 spiro atoms. The molecular weight excluding hydrogens is 465 g/mol. The first-order valence-electron chi connectivity index (χ1n) is 12.0. The molecule has 3 saturated heterocycles. The van der Waals surface area contributed by atoms with E-state index in [0.29, 0.717) is 37.5 Å². The molecule has 4 heterocycles. The topological polar surface area (TPSA) is 82.2 Å². The standard InChI is InChI=1S/C26H26FN5O2S/c27-20-8-6-19(7-9-20)26-13-10-22(33)32(26)21(16-35-26)25(34)31-14-11-18(12-15-31)24-28-23(29-30-24)17-4-2-1-3-5-17/h1-9,18,21H,10-16H2,(H,28,29,30). The number of piperidine rings is 1. The molecule has 7 nitrogen and oxygen atoms in total. The molecule has 3 aromatic rings. The molecule has 2 amide bonds. The predicted molar refractivity (Wildman–Crippen MR) is 131 cm³/mol. The van der Waals surface area contributed by atoms with Crippen LogP contribution < -0.4 is 0 Å². The Morgan fingerprint density at radius 3 is 2.57 bits per heavy atom. The zero-order valence-corrected chi connectivity index (χ0v) is 20.0. The number of aromatic amines is 1. The van der Waals surface area contributed by atoms with Gasteiger partial charge in [0.2, 0.25) is 11.8 Å². The van der Waals surface area contributed by atoms with Crippen molar-refractivity contribution in [3.05, 3.63) is 71.8 Å². The maximum atomic E-state index is 13.6. The lowest BCUT2D eigenvalue weighted by Crippen LogP contribution is -2.52. The molecule has 0 radical (unpaired) electrons. The number of H-pyrrole nitrogens is 1. The van der Waals surface area contributed by atoms with E-state index in [1.807, 2.05) is 35.2 Å². The molecule has 2 atom stereocenters. The van der Waals surface area contributed by atoms with Crippen LogP contribution in [0.1, 0.15) is 43.0 Å². The summed E-state index contributed by atoms with van der Waals surface area (Å²) >= 11 is 1.63. The number of fused-ring (bicyclic) bond motifs is 1. The number of amides is 2. The first-order valence-corrected chi connectivity index (χ1v) is 13.0. The summed E-state index contributed by atoms with van der Waals surface area (Å²) in [5, 5.41) is 7.47. The Kier molecular flexibility index (Phi) is 5.59. The molecule has 0 bridgehead atoms. The Morgan fingerprint density at radius 2 is 1.83 bits per heavy atom. The lowest BCUT2D eigenvalue weighted by molar-refractivity contribution is -0.144. The molecule has 35 heavy (non-hydrogen) atoms. The second-order valence-electron chi connectivity index (χ2n) is 9.39. The average molecular weight is 492 g/mol. The Hall–Kier alpha value is -3.20. The Labute approximate surface area is 207 Å². The highest BCUT2D eigenvalue weighted by molar-refractivity contribution is 8.00. The highest BCUT2D eigenvalue weighted by atomic mass is 32.2. The van der Waals surface area contributed by atoms with E-state index >= 15 is 0 Å². The summed E-state index contributed by atoms with van der Waals surface area (Å²) in [4.78, 5) is 34.3. The van der Waals surface area contributed by atoms with Crippen molar-refractivity contribution in [3.8, 4) is 11.4 Å². The lowest BCUT2D eigenvalue weighted by Gasteiger charge is -2.37. The maximum absolute atomic E-state index is 13.6. The highest BCUT2D eigenvalue weighted by Crippen LogP contribution is 2.54. The molecule has 1 aromatic heterocycles. The zero-order valence-electron chi connectivity index (χ0n) is 19.2. The van der Waals surface area contributed by atoms with Gasteiger partial charge in [0.25, 0.3) is 0 Å². The third kappa shape index (κ3) is 3.82. The van der Waals surface area contributed by atoms with E-state index in [1.54, 1.807) is 28.8 Å². The Morgan fingerprint density at radius 1 is 1.09 bits per heavy atom. The summed E-state index contributed by atoms with van der Waals surface area (Å²) in [6.45, 7) is 1.25. The molecule has 2 unspecified atom stereocenters. The Bertz CT molecular complexity index is 1240. The first kappa shape index (κ1) is 22.3. The van der Waals surface area contributed by atoms with Gasteiger partial charge < -0.3 is 9.80 Å². The van der Waals surface area contributed by atoms with Crippen molar-refractivity contribution in [2.45, 2.75) is 42.5 Å². The number of carbonyl (C=O) groups is 2. The second kappa shape index (κ2) is 8.78. The van der Waals surface area contributed by atoms with Crippen molar-refractivity contribution in [2.24, 2.45) is 0 Å². The zero-order chi connectivity index (χ0) is 24.0. The van der Waals surface area contributed by atoms with Crippen LogP contribution in [0.3, 0.4) is 0 Å². The van der Waals surface area contributed by atoms with Gasteiger partial charge in [0, 0.05) is 36.7 Å². The number of rotatable bonds is 4. The van der Waals surface area contributed by atoms with Crippen molar-refractivity contribution in [3.63, 3.8) is 0 Å². The van der Waals surface area contributed by atoms with Crippen LogP contribution in [-0.2, 0) is 14.5 Å². The molecular formula is C26H26FN5O2S. The van der Waals surface area contributed by atoms with E-state index in [0.717, 1.165) is 29.8 Å². The van der Waals surface area contributed by atoms with Gasteiger partial charge in [0.05, 0.1) is 0 Å². The molecule has 0 aliphatic carbocycles. The molecule has 0 saturated carbocycles. The fraction of sp³-hybridized carbons (Fsp3) is 0.385. The van der Waals surface area contributed by atoms with Gasteiger partial charge in [-0.1, -0.05) is 42.5 Å². The van der Waals surface area contributed by atoms with Crippen LogP contribution >= 0.6 is 11.8 Å². The number of nitrogens with one attached hydrogen (secondary N) is 1. The van der Waals surface area contributed by atoms with Crippen molar-refractivity contribution in [2.75, 3.05) is 18.8 Å². The van der Waals surface area contributed by atoms with Crippen molar-refractivity contribution in [1.82, 2.24) is 25.0 Å². The van der Waals surface area contributed by atoms with Crippen LogP contribution in [0, 0.1) is 5.82 Å². The van der Waals surface area contributed by atoms with Gasteiger partial charge >= 0.3 is 0 Å². The fourth-order valence-corrected chi connectivity index (χ4v) is 7.24. The van der Waals surface area contributed by atoms with Crippen LogP contribution in [0.4, 0.5) is 4.39 Å². The van der Waals surface area contributed by atoms with Crippen LogP contribution in [0.15, 0.2) is 54.6 Å². The van der Waals surface area contributed by atoms with E-state index < -0.39 is 10.9 Å². The van der Waals surface area contributed by atoms with Gasteiger partial charge in [0.1, 0.15) is 22.6 Å². The summed E-state index contributed by atoms with van der Waals surface area (Å²) in [7, 11) is 0. The number of nitrogens with zero attached hydrogens (tertiary/aromatic N) is 4. The second-order valence-corrected chi connectivity index (χ2v) is 10.7. The van der Waals surface area contributed by atoms with E-state index in [1.165, 1.54) is 12.1 Å². The normalized spacial score (nSPS) is 24.7. The summed E-state index contributed by atoms with van der Waals surface area (Å²) in [6.07, 6.45) is 2.65. The molecule has 3 aliphatic heterocycles. The summed E-state index contributed by atoms with van der Waals surface area (Å²) in [5.74, 6) is 2.03. The van der Waals surface area contributed by atoms with Crippen molar-refractivity contribution >= 4 is 23.6 Å². The van der Waals surface area contributed by atoms with Gasteiger partial charge in [0.15, 0.2) is 5.82 Å². The third-order valence-corrected chi connectivity index (χ3v) is 9.03. The number of hydrogen-bond acceptors (Lipinski definition) is 5. The number of benzene rings is 2. The smallest absolute Gasteiger partial charge is 0.246 e. The Balaban J connectivity index is 1.14. The minimum absolute atomic E-state index is 0.00247. The fourth-order valence-electron chi connectivity index (χ4n) is 5.59. The van der Waals surface area contributed by atoms with E-state index in [-0.39, 0.29) is 23.5 Å². The molecule has 2 aromatic carbocycles. The third-order valence-electron chi connectivity index (χ3n) is 7.44.